The Morgan fingerprint density at radius 2 is 1.89 bits per heavy atom. The van der Waals surface area contributed by atoms with E-state index in [1.165, 1.54) is 0 Å². The molecule has 3 nitrogen and oxygen atoms in total. The number of hydrogen-bond acceptors (Lipinski definition) is 3. The average Bonchev–Trinajstić information content (AvgIpc) is 2.43. The molecule has 0 aliphatic heterocycles. The summed E-state index contributed by atoms with van der Waals surface area (Å²) in [5.41, 5.74) is 0.504. The molecule has 0 saturated carbocycles. The van der Waals surface area contributed by atoms with Crippen LogP contribution in [0, 0.1) is 5.41 Å². The number of ketones is 1. The second kappa shape index (κ2) is 6.88. The molecule has 0 bridgehead atoms. The van der Waals surface area contributed by atoms with Gasteiger partial charge in [-0.1, -0.05) is 50.8 Å². The molecule has 102 valence electrons. The summed E-state index contributed by atoms with van der Waals surface area (Å²) < 4.78 is 5.03. The lowest BCUT2D eigenvalue weighted by Crippen LogP contribution is -2.22. The van der Waals surface area contributed by atoms with Crippen molar-refractivity contribution in [3.63, 3.8) is 0 Å². The van der Waals surface area contributed by atoms with E-state index in [1.807, 2.05) is 44.2 Å². The quantitative estimate of drug-likeness (QED) is 0.428. The van der Waals surface area contributed by atoms with Gasteiger partial charge in [-0.2, -0.15) is 0 Å². The van der Waals surface area contributed by atoms with Crippen LogP contribution in [0.15, 0.2) is 43.0 Å². The van der Waals surface area contributed by atoms with Crippen LogP contribution in [0.2, 0.25) is 0 Å². The molecule has 0 N–H and O–H groups in total. The number of benzene rings is 1. The predicted molar refractivity (Wildman–Crippen MR) is 74.9 cm³/mol. The fourth-order valence-corrected chi connectivity index (χ4v) is 1.62. The Morgan fingerprint density at radius 3 is 2.47 bits per heavy atom. The zero-order chi connectivity index (χ0) is 14.3. The molecule has 19 heavy (non-hydrogen) atoms. The summed E-state index contributed by atoms with van der Waals surface area (Å²) in [5.74, 6) is -0.314. The molecule has 0 radical (unpaired) electrons. The molecule has 0 unspecified atom stereocenters. The summed E-state index contributed by atoms with van der Waals surface area (Å²) in [6.07, 6.45) is 2.26. The van der Waals surface area contributed by atoms with Crippen LogP contribution in [-0.2, 0) is 9.53 Å². The Bertz CT molecular complexity index is 446. The number of carbonyl (C=O) groups excluding carboxylic acids is 2. The lowest BCUT2D eigenvalue weighted by atomic mass is 9.87. The van der Waals surface area contributed by atoms with Crippen molar-refractivity contribution in [2.24, 2.45) is 5.41 Å². The summed E-state index contributed by atoms with van der Waals surface area (Å²) in [6, 6.07) is 9.21. The largest absolute Gasteiger partial charge is 0.462 e. The van der Waals surface area contributed by atoms with E-state index in [-0.39, 0.29) is 11.2 Å². The summed E-state index contributed by atoms with van der Waals surface area (Å²) in [5, 5.41) is 0. The van der Waals surface area contributed by atoms with E-state index >= 15 is 0 Å². The third-order valence-corrected chi connectivity index (χ3v) is 2.90. The van der Waals surface area contributed by atoms with Crippen LogP contribution in [0.25, 0.3) is 0 Å². The number of rotatable bonds is 7. The Morgan fingerprint density at radius 1 is 1.26 bits per heavy atom. The van der Waals surface area contributed by atoms with Crippen molar-refractivity contribution in [2.45, 2.75) is 26.7 Å². The van der Waals surface area contributed by atoms with Crippen LogP contribution in [0.3, 0.4) is 0 Å². The van der Waals surface area contributed by atoms with Gasteiger partial charge in [0, 0.05) is 18.1 Å². The molecule has 3 heteroatoms. The maximum atomic E-state index is 12.0. The second-order valence-electron chi connectivity index (χ2n) is 5.27. The van der Waals surface area contributed by atoms with Gasteiger partial charge in [0.2, 0.25) is 0 Å². The van der Waals surface area contributed by atoms with E-state index in [2.05, 4.69) is 6.58 Å². The Balaban J connectivity index is 2.44. The standard InChI is InChI=1S/C16H20O3/c1-4-15(18)19-12-16(2,3)11-10-14(17)13-8-6-5-7-9-13/h4-9H,1,10-12H2,2-3H3. The third kappa shape index (κ3) is 5.51. The summed E-state index contributed by atoms with van der Waals surface area (Å²) in [7, 11) is 0. The Hall–Kier alpha value is -1.90. The van der Waals surface area contributed by atoms with Crippen LogP contribution in [-0.4, -0.2) is 18.4 Å². The summed E-state index contributed by atoms with van der Waals surface area (Å²) in [4.78, 5) is 23.0. The topological polar surface area (TPSA) is 43.4 Å². The molecule has 1 aromatic carbocycles. The van der Waals surface area contributed by atoms with Crippen LogP contribution < -0.4 is 0 Å². The lowest BCUT2D eigenvalue weighted by molar-refractivity contribution is -0.140. The van der Waals surface area contributed by atoms with Crippen LogP contribution in [0.1, 0.15) is 37.0 Å². The van der Waals surface area contributed by atoms with Crippen molar-refractivity contribution in [3.8, 4) is 0 Å². The minimum absolute atomic E-state index is 0.115. The maximum absolute atomic E-state index is 12.0. The molecule has 0 atom stereocenters. The van der Waals surface area contributed by atoms with Gasteiger partial charge in [-0.3, -0.25) is 4.79 Å². The van der Waals surface area contributed by atoms with E-state index in [0.717, 1.165) is 11.6 Å². The van der Waals surface area contributed by atoms with Gasteiger partial charge in [0.25, 0.3) is 0 Å². The zero-order valence-electron chi connectivity index (χ0n) is 11.5. The van der Waals surface area contributed by atoms with Crippen molar-refractivity contribution >= 4 is 11.8 Å². The van der Waals surface area contributed by atoms with Gasteiger partial charge < -0.3 is 4.74 Å². The molecule has 0 aliphatic rings. The van der Waals surface area contributed by atoms with E-state index in [9.17, 15) is 9.59 Å². The number of carbonyl (C=O) groups is 2. The van der Waals surface area contributed by atoms with Crippen molar-refractivity contribution in [2.75, 3.05) is 6.61 Å². The van der Waals surface area contributed by atoms with Crippen LogP contribution >= 0.6 is 0 Å². The Kier molecular flexibility index (Phi) is 5.49. The maximum Gasteiger partial charge on any atom is 0.330 e. The Labute approximate surface area is 114 Å². The highest BCUT2D eigenvalue weighted by atomic mass is 16.5. The fourth-order valence-electron chi connectivity index (χ4n) is 1.62. The van der Waals surface area contributed by atoms with Crippen molar-refractivity contribution in [1.82, 2.24) is 0 Å². The molecule has 0 fully saturated rings. The van der Waals surface area contributed by atoms with E-state index in [4.69, 9.17) is 4.74 Å². The minimum Gasteiger partial charge on any atom is -0.462 e. The highest BCUT2D eigenvalue weighted by Crippen LogP contribution is 2.24. The molecular formula is C16H20O3. The van der Waals surface area contributed by atoms with E-state index in [0.29, 0.717) is 19.4 Å². The van der Waals surface area contributed by atoms with E-state index < -0.39 is 5.97 Å². The third-order valence-electron chi connectivity index (χ3n) is 2.90. The number of esters is 1. The van der Waals surface area contributed by atoms with Crippen molar-refractivity contribution in [3.05, 3.63) is 48.6 Å². The normalized spacial score (nSPS) is 10.8. The van der Waals surface area contributed by atoms with Crippen LogP contribution in [0.4, 0.5) is 0 Å². The molecule has 1 aromatic rings. The molecular weight excluding hydrogens is 240 g/mol. The SMILES string of the molecule is C=CC(=O)OCC(C)(C)CCC(=O)c1ccccc1. The average molecular weight is 260 g/mol. The van der Waals surface area contributed by atoms with Gasteiger partial charge in [0.15, 0.2) is 5.78 Å². The van der Waals surface area contributed by atoms with Crippen LogP contribution in [0.5, 0.6) is 0 Å². The molecule has 1 rings (SSSR count). The predicted octanol–water partition coefficient (Wildman–Crippen LogP) is 3.40. The van der Waals surface area contributed by atoms with Gasteiger partial charge in [0.05, 0.1) is 6.61 Å². The minimum atomic E-state index is -0.428. The molecule has 0 aliphatic carbocycles. The molecule has 0 saturated heterocycles. The number of ether oxygens (including phenoxy) is 1. The smallest absolute Gasteiger partial charge is 0.330 e. The highest BCUT2D eigenvalue weighted by molar-refractivity contribution is 5.95. The van der Waals surface area contributed by atoms with Gasteiger partial charge in [-0.25, -0.2) is 4.79 Å². The molecule has 0 heterocycles. The highest BCUT2D eigenvalue weighted by Gasteiger charge is 2.21. The molecule has 0 spiro atoms. The van der Waals surface area contributed by atoms with E-state index in [1.54, 1.807) is 0 Å². The fraction of sp³-hybridized carbons (Fsp3) is 0.375. The molecule has 0 amide bonds. The monoisotopic (exact) mass is 260 g/mol. The number of Topliss-reactive ketones (excluding diaryl/α,β-unsaturated/α-hetero) is 1. The first-order valence-electron chi connectivity index (χ1n) is 6.32. The van der Waals surface area contributed by atoms with Crippen molar-refractivity contribution in [1.29, 1.82) is 0 Å². The summed E-state index contributed by atoms with van der Waals surface area (Å²) >= 11 is 0. The second-order valence-corrected chi connectivity index (χ2v) is 5.27. The first-order valence-corrected chi connectivity index (χ1v) is 6.32. The van der Waals surface area contributed by atoms with Gasteiger partial charge in [-0.15, -0.1) is 0 Å². The first-order chi connectivity index (χ1) is 8.94. The van der Waals surface area contributed by atoms with Gasteiger partial charge >= 0.3 is 5.97 Å². The summed E-state index contributed by atoms with van der Waals surface area (Å²) in [6.45, 7) is 7.59. The number of hydrogen-bond donors (Lipinski definition) is 0. The molecule has 0 aromatic heterocycles. The van der Waals surface area contributed by atoms with Gasteiger partial charge in [0.1, 0.15) is 0 Å². The van der Waals surface area contributed by atoms with Crippen molar-refractivity contribution < 1.29 is 14.3 Å². The lowest BCUT2D eigenvalue weighted by Gasteiger charge is -2.23. The van der Waals surface area contributed by atoms with Gasteiger partial charge in [-0.05, 0) is 11.8 Å². The first kappa shape index (κ1) is 15.2. The zero-order valence-corrected chi connectivity index (χ0v) is 11.5.